The molecule has 3 N–H and O–H groups in total. The Kier molecular flexibility index (Phi) is 4.61. The van der Waals surface area contributed by atoms with Crippen molar-refractivity contribution in [1.29, 1.82) is 0 Å². The molecule has 1 fully saturated rings. The van der Waals surface area contributed by atoms with Crippen LogP contribution in [0.4, 0.5) is 5.69 Å². The maximum Gasteiger partial charge on any atom is 0.263 e. The van der Waals surface area contributed by atoms with Crippen LogP contribution in [-0.4, -0.2) is 29.4 Å². The van der Waals surface area contributed by atoms with Gasteiger partial charge in [0.25, 0.3) is 5.91 Å². The van der Waals surface area contributed by atoms with Crippen LogP contribution in [0.3, 0.4) is 0 Å². The van der Waals surface area contributed by atoms with Gasteiger partial charge in [0.2, 0.25) is 0 Å². The van der Waals surface area contributed by atoms with E-state index in [9.17, 15) is 4.79 Å². The van der Waals surface area contributed by atoms with Gasteiger partial charge in [0.1, 0.15) is 9.71 Å². The first-order valence-electron chi connectivity index (χ1n) is 8.86. The lowest BCUT2D eigenvalue weighted by Crippen LogP contribution is -2.23. The molecular weight excluding hydrogens is 344 g/mol. The maximum atomic E-state index is 12.0. The Morgan fingerprint density at radius 2 is 2.12 bits per heavy atom. The Hall–Kier alpha value is -2.44. The lowest BCUT2D eigenvalue weighted by Gasteiger charge is -2.24. The number of hydrogen-bond donors (Lipinski definition) is 2. The van der Waals surface area contributed by atoms with Crippen LogP contribution in [0.5, 0.6) is 0 Å². The molecule has 1 amide bonds. The molecule has 3 heterocycles. The average Bonchev–Trinajstić information content (AvgIpc) is 3.26. The molecule has 0 aliphatic carbocycles. The SMILES string of the molecule is CNC(=O)c1sc2nc([C@@H]3CCCN3Cc3ccccc3)ccc2c1N. The third-order valence-corrected chi connectivity index (χ3v) is 6.10. The van der Waals surface area contributed by atoms with E-state index in [0.29, 0.717) is 16.6 Å². The molecule has 26 heavy (non-hydrogen) atoms. The fourth-order valence-electron chi connectivity index (χ4n) is 3.65. The van der Waals surface area contributed by atoms with Crippen molar-refractivity contribution in [1.82, 2.24) is 15.2 Å². The number of fused-ring (bicyclic) bond motifs is 1. The Morgan fingerprint density at radius 3 is 2.88 bits per heavy atom. The zero-order valence-electron chi connectivity index (χ0n) is 14.7. The number of nitrogens with two attached hydrogens (primary N) is 1. The minimum Gasteiger partial charge on any atom is -0.397 e. The zero-order valence-corrected chi connectivity index (χ0v) is 15.6. The van der Waals surface area contributed by atoms with E-state index in [1.807, 2.05) is 12.1 Å². The number of thiophene rings is 1. The number of rotatable bonds is 4. The van der Waals surface area contributed by atoms with Crippen LogP contribution in [0.1, 0.15) is 39.8 Å². The molecule has 5 nitrogen and oxygen atoms in total. The first-order chi connectivity index (χ1) is 12.7. The fraction of sp³-hybridized carbons (Fsp3) is 0.300. The summed E-state index contributed by atoms with van der Waals surface area (Å²) in [6, 6.07) is 14.9. The van der Waals surface area contributed by atoms with Gasteiger partial charge in [0, 0.05) is 19.0 Å². The summed E-state index contributed by atoms with van der Waals surface area (Å²) in [5.74, 6) is -0.154. The number of hydrogen-bond acceptors (Lipinski definition) is 5. The van der Waals surface area contributed by atoms with Crippen LogP contribution < -0.4 is 11.1 Å². The zero-order chi connectivity index (χ0) is 18.1. The van der Waals surface area contributed by atoms with Crippen molar-refractivity contribution in [2.45, 2.75) is 25.4 Å². The first kappa shape index (κ1) is 17.0. The minimum atomic E-state index is -0.154. The Morgan fingerprint density at radius 1 is 1.31 bits per heavy atom. The molecule has 3 aromatic rings. The second-order valence-corrected chi connectivity index (χ2v) is 7.63. The lowest BCUT2D eigenvalue weighted by molar-refractivity contribution is 0.0968. The summed E-state index contributed by atoms with van der Waals surface area (Å²) in [6.45, 7) is 2.01. The van der Waals surface area contributed by atoms with E-state index in [1.54, 1.807) is 7.05 Å². The Balaban J connectivity index is 1.64. The molecule has 6 heteroatoms. The van der Waals surface area contributed by atoms with Crippen molar-refractivity contribution in [2.75, 3.05) is 19.3 Å². The van der Waals surface area contributed by atoms with Crippen LogP contribution in [0, 0.1) is 0 Å². The molecule has 1 saturated heterocycles. The van der Waals surface area contributed by atoms with Gasteiger partial charge in [-0.2, -0.15) is 0 Å². The number of likely N-dealkylation sites (tertiary alicyclic amines) is 1. The molecular formula is C20H22N4OS. The number of nitrogen functional groups attached to an aromatic ring is 1. The van der Waals surface area contributed by atoms with Gasteiger partial charge in [-0.3, -0.25) is 9.69 Å². The molecule has 0 saturated carbocycles. The summed E-state index contributed by atoms with van der Waals surface area (Å²) in [5.41, 5.74) is 9.06. The van der Waals surface area contributed by atoms with Crippen molar-refractivity contribution >= 4 is 33.1 Å². The highest BCUT2D eigenvalue weighted by Crippen LogP contribution is 2.37. The van der Waals surface area contributed by atoms with Gasteiger partial charge in [-0.05, 0) is 37.1 Å². The number of nitrogens with zero attached hydrogens (tertiary/aromatic N) is 2. The molecule has 0 radical (unpaired) electrons. The van der Waals surface area contributed by atoms with Crippen LogP contribution in [-0.2, 0) is 6.54 Å². The van der Waals surface area contributed by atoms with E-state index in [0.717, 1.165) is 35.4 Å². The maximum absolute atomic E-state index is 12.0. The van der Waals surface area contributed by atoms with Gasteiger partial charge in [-0.15, -0.1) is 11.3 Å². The van der Waals surface area contributed by atoms with Crippen LogP contribution >= 0.6 is 11.3 Å². The molecule has 2 aromatic heterocycles. The number of nitrogens with one attached hydrogen (secondary N) is 1. The first-order valence-corrected chi connectivity index (χ1v) is 9.68. The predicted octanol–water partition coefficient (Wildman–Crippen LogP) is 3.58. The van der Waals surface area contributed by atoms with Crippen molar-refractivity contribution in [3.05, 3.63) is 58.6 Å². The van der Waals surface area contributed by atoms with Crippen molar-refractivity contribution in [3.63, 3.8) is 0 Å². The van der Waals surface area contributed by atoms with Crippen LogP contribution in [0.2, 0.25) is 0 Å². The average molecular weight is 366 g/mol. The molecule has 1 atom stereocenters. The summed E-state index contributed by atoms with van der Waals surface area (Å²) < 4.78 is 0. The molecule has 4 rings (SSSR count). The molecule has 1 aromatic carbocycles. The fourth-order valence-corrected chi connectivity index (χ4v) is 4.69. The van der Waals surface area contributed by atoms with E-state index in [-0.39, 0.29) is 5.91 Å². The Labute approximate surface area is 156 Å². The number of anilines is 1. The summed E-state index contributed by atoms with van der Waals surface area (Å²) in [6.07, 6.45) is 2.28. The topological polar surface area (TPSA) is 71.2 Å². The van der Waals surface area contributed by atoms with Crippen molar-refractivity contribution in [2.24, 2.45) is 0 Å². The number of carbonyl (C=O) groups excluding carboxylic acids is 1. The number of pyridine rings is 1. The Bertz CT molecular complexity index is 938. The number of benzene rings is 1. The lowest BCUT2D eigenvalue weighted by atomic mass is 10.1. The summed E-state index contributed by atoms with van der Waals surface area (Å²) >= 11 is 1.37. The van der Waals surface area contributed by atoms with Gasteiger partial charge < -0.3 is 11.1 Å². The van der Waals surface area contributed by atoms with Gasteiger partial charge in [-0.25, -0.2) is 4.98 Å². The molecule has 1 aliphatic heterocycles. The highest BCUT2D eigenvalue weighted by molar-refractivity contribution is 7.21. The van der Waals surface area contributed by atoms with E-state index in [2.05, 4.69) is 40.5 Å². The standard InChI is InChI=1S/C20H22N4OS/c1-22-19(25)18-17(21)14-9-10-15(23-20(14)26-18)16-8-5-11-24(16)12-13-6-3-2-4-7-13/h2-4,6-7,9-10,16H,5,8,11-12,21H2,1H3,(H,22,25)/t16-/m0/s1. The van der Waals surface area contributed by atoms with Gasteiger partial charge in [-0.1, -0.05) is 30.3 Å². The summed E-state index contributed by atoms with van der Waals surface area (Å²) in [4.78, 5) is 20.7. The quantitative estimate of drug-likeness (QED) is 0.740. The van der Waals surface area contributed by atoms with E-state index < -0.39 is 0 Å². The summed E-state index contributed by atoms with van der Waals surface area (Å²) in [5, 5.41) is 3.51. The molecule has 134 valence electrons. The summed E-state index contributed by atoms with van der Waals surface area (Å²) in [7, 11) is 1.62. The van der Waals surface area contributed by atoms with E-state index in [4.69, 9.17) is 10.7 Å². The van der Waals surface area contributed by atoms with Gasteiger partial charge in [0.05, 0.1) is 17.4 Å². The van der Waals surface area contributed by atoms with Crippen LogP contribution in [0.15, 0.2) is 42.5 Å². The highest BCUT2D eigenvalue weighted by atomic mass is 32.1. The number of amides is 1. The predicted molar refractivity (Wildman–Crippen MR) is 106 cm³/mol. The van der Waals surface area contributed by atoms with Gasteiger partial charge >= 0.3 is 0 Å². The smallest absolute Gasteiger partial charge is 0.263 e. The van der Waals surface area contributed by atoms with Gasteiger partial charge in [0.15, 0.2) is 0 Å². The largest absolute Gasteiger partial charge is 0.397 e. The third kappa shape index (κ3) is 3.06. The minimum absolute atomic E-state index is 0.154. The molecule has 0 bridgehead atoms. The van der Waals surface area contributed by atoms with E-state index >= 15 is 0 Å². The monoisotopic (exact) mass is 366 g/mol. The molecule has 0 unspecified atom stereocenters. The highest BCUT2D eigenvalue weighted by Gasteiger charge is 2.28. The normalized spacial score (nSPS) is 17.7. The number of carbonyl (C=O) groups is 1. The second-order valence-electron chi connectivity index (χ2n) is 6.63. The van der Waals surface area contributed by atoms with Crippen molar-refractivity contribution < 1.29 is 4.79 Å². The van der Waals surface area contributed by atoms with Crippen LogP contribution in [0.25, 0.3) is 10.2 Å². The number of aromatic nitrogens is 1. The molecule has 0 spiro atoms. The second kappa shape index (κ2) is 7.05. The third-order valence-electron chi connectivity index (χ3n) is 4.98. The molecule has 1 aliphatic rings. The van der Waals surface area contributed by atoms with E-state index in [1.165, 1.54) is 23.3 Å². The van der Waals surface area contributed by atoms with Crippen molar-refractivity contribution in [3.8, 4) is 0 Å².